The Bertz CT molecular complexity index is 579. The lowest BCUT2D eigenvalue weighted by atomic mass is 9.88. The molecule has 1 aliphatic heterocycles. The van der Waals surface area contributed by atoms with Crippen molar-refractivity contribution in [3.63, 3.8) is 0 Å². The van der Waals surface area contributed by atoms with Crippen molar-refractivity contribution in [1.29, 1.82) is 0 Å². The summed E-state index contributed by atoms with van der Waals surface area (Å²) in [4.78, 5) is 4.85. The van der Waals surface area contributed by atoms with Crippen LogP contribution in [0.2, 0.25) is 0 Å². The predicted molar refractivity (Wildman–Crippen MR) is 86.8 cm³/mol. The summed E-state index contributed by atoms with van der Waals surface area (Å²) in [5.74, 6) is 0.436. The largest absolute Gasteiger partial charge is 0.391 e. The number of aliphatic hydroxyl groups is 1. The molecule has 0 bridgehead atoms. The van der Waals surface area contributed by atoms with Crippen LogP contribution >= 0.6 is 23.7 Å². The van der Waals surface area contributed by atoms with Crippen LogP contribution in [0.5, 0.6) is 0 Å². The first-order chi connectivity index (χ1) is 9.17. The van der Waals surface area contributed by atoms with Crippen LogP contribution < -0.4 is 0 Å². The van der Waals surface area contributed by atoms with E-state index in [1.165, 1.54) is 21.6 Å². The number of aliphatic hydroxyl groups excluding tert-OH is 1. The van der Waals surface area contributed by atoms with Crippen LogP contribution in [0.3, 0.4) is 0 Å². The van der Waals surface area contributed by atoms with Gasteiger partial charge in [0.2, 0.25) is 0 Å². The molecule has 1 unspecified atom stereocenters. The number of likely N-dealkylation sites (N-methyl/N-ethyl adjacent to an activating group) is 1. The van der Waals surface area contributed by atoms with Gasteiger partial charge in [0.05, 0.1) is 6.61 Å². The molecule has 0 fully saturated rings. The molecule has 1 atom stereocenters. The third-order valence-electron chi connectivity index (χ3n) is 3.81. The summed E-state index contributed by atoms with van der Waals surface area (Å²) in [5.41, 5.74) is 4.09. The van der Waals surface area contributed by atoms with Gasteiger partial charge in [-0.25, -0.2) is 0 Å². The Morgan fingerprint density at radius 1 is 1.30 bits per heavy atom. The van der Waals surface area contributed by atoms with Crippen LogP contribution in [0, 0.1) is 6.92 Å². The minimum absolute atomic E-state index is 0. The van der Waals surface area contributed by atoms with E-state index in [9.17, 15) is 5.11 Å². The van der Waals surface area contributed by atoms with Crippen molar-refractivity contribution in [2.45, 2.75) is 26.0 Å². The van der Waals surface area contributed by atoms with Crippen LogP contribution in [-0.4, -0.2) is 23.6 Å². The summed E-state index contributed by atoms with van der Waals surface area (Å²) in [6.07, 6.45) is 0. The average molecular weight is 310 g/mol. The standard InChI is InChI=1S/C16H19NOS.ClH/c1-11-3-5-12(6-4-11)15-8-17(2)9-16-14(15)7-13(10-18)19-16;/h3-7,15,18H,8-10H2,1-2H3;1H. The third kappa shape index (κ3) is 2.91. The van der Waals surface area contributed by atoms with Crippen molar-refractivity contribution in [2.24, 2.45) is 0 Å². The Hall–Kier alpha value is -0.870. The molecule has 0 saturated heterocycles. The number of hydrogen-bond acceptors (Lipinski definition) is 3. The zero-order chi connectivity index (χ0) is 13.4. The summed E-state index contributed by atoms with van der Waals surface area (Å²) in [7, 11) is 2.17. The minimum Gasteiger partial charge on any atom is -0.391 e. The van der Waals surface area contributed by atoms with Crippen molar-refractivity contribution in [3.05, 3.63) is 56.8 Å². The molecule has 1 aliphatic rings. The smallest absolute Gasteiger partial charge is 0.0774 e. The second-order valence-corrected chi connectivity index (χ2v) is 6.63. The molecular formula is C16H20ClNOS. The minimum atomic E-state index is 0. The van der Waals surface area contributed by atoms with Gasteiger partial charge in [-0.2, -0.15) is 0 Å². The van der Waals surface area contributed by atoms with E-state index >= 15 is 0 Å². The molecule has 2 aromatic rings. The molecule has 0 radical (unpaired) electrons. The van der Waals surface area contributed by atoms with Gasteiger partial charge in [-0.15, -0.1) is 23.7 Å². The molecule has 1 aromatic heterocycles. The predicted octanol–water partition coefficient (Wildman–Crippen LogP) is 3.55. The zero-order valence-corrected chi connectivity index (χ0v) is 13.4. The molecule has 0 saturated carbocycles. The maximum atomic E-state index is 9.34. The van der Waals surface area contributed by atoms with E-state index in [2.05, 4.69) is 49.2 Å². The fourth-order valence-corrected chi connectivity index (χ4v) is 3.97. The SMILES string of the molecule is Cc1ccc(C2CN(C)Cc3sc(CO)cc32)cc1.Cl. The maximum Gasteiger partial charge on any atom is 0.0774 e. The molecular weight excluding hydrogens is 290 g/mol. The van der Waals surface area contributed by atoms with Crippen LogP contribution in [0.4, 0.5) is 0 Å². The van der Waals surface area contributed by atoms with Gasteiger partial charge in [0.25, 0.3) is 0 Å². The lowest BCUT2D eigenvalue weighted by molar-refractivity contribution is 0.285. The zero-order valence-electron chi connectivity index (χ0n) is 11.8. The van der Waals surface area contributed by atoms with Crippen molar-refractivity contribution in [1.82, 2.24) is 4.90 Å². The molecule has 0 spiro atoms. The second-order valence-electron chi connectivity index (χ2n) is 5.41. The number of nitrogens with zero attached hydrogens (tertiary/aromatic N) is 1. The van der Waals surface area contributed by atoms with E-state index in [4.69, 9.17) is 0 Å². The van der Waals surface area contributed by atoms with Crippen molar-refractivity contribution in [2.75, 3.05) is 13.6 Å². The summed E-state index contributed by atoms with van der Waals surface area (Å²) < 4.78 is 0. The second kappa shape index (κ2) is 6.27. The van der Waals surface area contributed by atoms with Gasteiger partial charge in [-0.05, 0) is 31.2 Å². The number of fused-ring (bicyclic) bond motifs is 1. The number of halogens is 1. The van der Waals surface area contributed by atoms with E-state index in [1.807, 2.05) is 0 Å². The van der Waals surface area contributed by atoms with Crippen LogP contribution in [0.1, 0.15) is 32.4 Å². The Morgan fingerprint density at radius 3 is 2.65 bits per heavy atom. The summed E-state index contributed by atoms with van der Waals surface area (Å²) >= 11 is 1.75. The topological polar surface area (TPSA) is 23.5 Å². The lowest BCUT2D eigenvalue weighted by Crippen LogP contribution is -2.29. The Morgan fingerprint density at radius 2 is 2.00 bits per heavy atom. The highest BCUT2D eigenvalue weighted by Gasteiger charge is 2.26. The van der Waals surface area contributed by atoms with E-state index in [0.29, 0.717) is 5.92 Å². The first-order valence-corrected chi connectivity index (χ1v) is 7.46. The lowest BCUT2D eigenvalue weighted by Gasteiger charge is -2.30. The first kappa shape index (κ1) is 15.5. The van der Waals surface area contributed by atoms with Gasteiger partial charge in [0.15, 0.2) is 0 Å². The maximum absolute atomic E-state index is 9.34. The summed E-state index contributed by atoms with van der Waals surface area (Å²) in [6.45, 7) is 4.33. The van der Waals surface area contributed by atoms with Gasteiger partial charge in [-0.3, -0.25) is 0 Å². The monoisotopic (exact) mass is 309 g/mol. The summed E-state index contributed by atoms with van der Waals surface area (Å²) in [6, 6.07) is 11.0. The molecule has 108 valence electrons. The highest BCUT2D eigenvalue weighted by molar-refractivity contribution is 7.12. The fraction of sp³-hybridized carbons (Fsp3) is 0.375. The molecule has 2 nitrogen and oxygen atoms in total. The van der Waals surface area contributed by atoms with E-state index in [0.717, 1.165) is 18.0 Å². The molecule has 1 N–H and O–H groups in total. The molecule has 3 rings (SSSR count). The molecule has 20 heavy (non-hydrogen) atoms. The van der Waals surface area contributed by atoms with Crippen LogP contribution in [-0.2, 0) is 13.2 Å². The first-order valence-electron chi connectivity index (χ1n) is 6.65. The highest BCUT2D eigenvalue weighted by Crippen LogP contribution is 2.37. The van der Waals surface area contributed by atoms with Gasteiger partial charge in [-0.1, -0.05) is 29.8 Å². The Kier molecular flexibility index (Phi) is 4.86. The number of aryl methyl sites for hydroxylation is 1. The highest BCUT2D eigenvalue weighted by atomic mass is 35.5. The van der Waals surface area contributed by atoms with Gasteiger partial charge >= 0.3 is 0 Å². The van der Waals surface area contributed by atoms with Gasteiger partial charge in [0, 0.05) is 28.8 Å². The molecule has 0 aliphatic carbocycles. The van der Waals surface area contributed by atoms with Gasteiger partial charge in [0.1, 0.15) is 0 Å². The quantitative estimate of drug-likeness (QED) is 0.917. The van der Waals surface area contributed by atoms with Crippen molar-refractivity contribution < 1.29 is 5.11 Å². The van der Waals surface area contributed by atoms with Crippen molar-refractivity contribution in [3.8, 4) is 0 Å². The van der Waals surface area contributed by atoms with E-state index < -0.39 is 0 Å². The Labute approximate surface area is 130 Å². The number of rotatable bonds is 2. The fourth-order valence-electron chi connectivity index (χ4n) is 2.80. The third-order valence-corrected chi connectivity index (χ3v) is 4.93. The van der Waals surface area contributed by atoms with E-state index in [1.54, 1.807) is 11.3 Å². The average Bonchev–Trinajstić information content (AvgIpc) is 2.81. The Balaban J connectivity index is 0.00000147. The number of benzene rings is 1. The molecule has 4 heteroatoms. The normalized spacial score (nSPS) is 18.4. The van der Waals surface area contributed by atoms with E-state index in [-0.39, 0.29) is 19.0 Å². The van der Waals surface area contributed by atoms with Crippen LogP contribution in [0.25, 0.3) is 0 Å². The molecule has 2 heterocycles. The van der Waals surface area contributed by atoms with Crippen LogP contribution in [0.15, 0.2) is 30.3 Å². The van der Waals surface area contributed by atoms with Crippen molar-refractivity contribution >= 4 is 23.7 Å². The number of hydrogen-bond donors (Lipinski definition) is 1. The molecule has 0 amide bonds. The summed E-state index contributed by atoms with van der Waals surface area (Å²) in [5, 5.41) is 9.34. The van der Waals surface area contributed by atoms with Gasteiger partial charge < -0.3 is 10.0 Å². The number of thiophene rings is 1. The molecule has 1 aromatic carbocycles.